The lowest BCUT2D eigenvalue weighted by Gasteiger charge is -2.26. The van der Waals surface area contributed by atoms with Gasteiger partial charge in [0, 0.05) is 4.88 Å². The number of aromatic hydroxyl groups is 1. The van der Waals surface area contributed by atoms with Crippen LogP contribution in [0.25, 0.3) is 0 Å². The molecule has 4 nitrogen and oxygen atoms in total. The van der Waals surface area contributed by atoms with Crippen LogP contribution in [0.3, 0.4) is 0 Å². The summed E-state index contributed by atoms with van der Waals surface area (Å²) in [6.07, 6.45) is -0.301. The van der Waals surface area contributed by atoms with E-state index in [1.54, 1.807) is 29.5 Å². The second-order valence-electron chi connectivity index (χ2n) is 4.63. The van der Waals surface area contributed by atoms with Crippen LogP contribution < -0.4 is 10.6 Å². The summed E-state index contributed by atoms with van der Waals surface area (Å²) in [7, 11) is 0. The summed E-state index contributed by atoms with van der Waals surface area (Å²) in [6, 6.07) is 6.89. The lowest BCUT2D eigenvalue weighted by atomic mass is 10.1. The van der Waals surface area contributed by atoms with Crippen molar-refractivity contribution in [1.82, 2.24) is 5.32 Å². The molecule has 98 valence electrons. The van der Waals surface area contributed by atoms with Crippen molar-refractivity contribution in [2.75, 3.05) is 5.32 Å². The second-order valence-corrected chi connectivity index (χ2v) is 5.86. The van der Waals surface area contributed by atoms with Crippen LogP contribution in [0, 0.1) is 13.8 Å². The topological polar surface area (TPSA) is 61.4 Å². The fourth-order valence-electron chi connectivity index (χ4n) is 2.24. The van der Waals surface area contributed by atoms with Crippen LogP contribution in [0.2, 0.25) is 0 Å². The third-order valence-electron chi connectivity index (χ3n) is 3.37. The van der Waals surface area contributed by atoms with Crippen LogP contribution in [0.1, 0.15) is 32.5 Å². The number of thiophene rings is 1. The Morgan fingerprint density at radius 3 is 2.79 bits per heavy atom. The first kappa shape index (κ1) is 12.0. The van der Waals surface area contributed by atoms with Crippen molar-refractivity contribution in [3.63, 3.8) is 0 Å². The summed E-state index contributed by atoms with van der Waals surface area (Å²) in [5.41, 5.74) is 2.60. The van der Waals surface area contributed by atoms with E-state index in [2.05, 4.69) is 10.6 Å². The third kappa shape index (κ3) is 1.96. The maximum absolute atomic E-state index is 12.2. The number of hydrogen-bond donors (Lipinski definition) is 3. The van der Waals surface area contributed by atoms with E-state index in [4.69, 9.17) is 0 Å². The first-order valence-corrected chi connectivity index (χ1v) is 6.84. The Bertz CT molecular complexity index is 663. The van der Waals surface area contributed by atoms with Crippen LogP contribution in [-0.2, 0) is 0 Å². The molecule has 19 heavy (non-hydrogen) atoms. The number of carbonyl (C=O) groups is 1. The highest BCUT2D eigenvalue weighted by atomic mass is 32.1. The monoisotopic (exact) mass is 274 g/mol. The minimum Gasteiger partial charge on any atom is -0.508 e. The number of nitrogens with one attached hydrogen (secondary N) is 2. The lowest BCUT2D eigenvalue weighted by molar-refractivity contribution is 0.0935. The third-order valence-corrected chi connectivity index (χ3v) is 4.51. The molecular formula is C14H14N2O2S. The molecule has 0 saturated carbocycles. The van der Waals surface area contributed by atoms with Gasteiger partial charge in [0.2, 0.25) is 0 Å². The largest absolute Gasteiger partial charge is 0.508 e. The van der Waals surface area contributed by atoms with Crippen LogP contribution in [0.5, 0.6) is 5.75 Å². The van der Waals surface area contributed by atoms with E-state index in [0.29, 0.717) is 0 Å². The standard InChI is InChI=1S/C14H14N2O2S/c1-7-8(2)19-14-11(7)13(18)15-12(16-14)9-4-3-5-10(17)6-9/h3-6,12,16-17H,1-2H3,(H,15,18)/t12-/m1/s1. The molecular weight excluding hydrogens is 260 g/mol. The van der Waals surface area contributed by atoms with E-state index in [9.17, 15) is 9.90 Å². The Kier molecular flexibility index (Phi) is 2.71. The van der Waals surface area contributed by atoms with Gasteiger partial charge in [-0.05, 0) is 37.1 Å². The fourth-order valence-corrected chi connectivity index (χ4v) is 3.33. The van der Waals surface area contributed by atoms with Gasteiger partial charge in [-0.2, -0.15) is 0 Å². The van der Waals surface area contributed by atoms with Crippen molar-refractivity contribution in [2.45, 2.75) is 20.0 Å². The highest BCUT2D eigenvalue weighted by Gasteiger charge is 2.28. The molecule has 1 aliphatic rings. The van der Waals surface area contributed by atoms with E-state index in [0.717, 1.165) is 26.6 Å². The lowest BCUT2D eigenvalue weighted by Crippen LogP contribution is -2.38. The normalized spacial score (nSPS) is 17.6. The Morgan fingerprint density at radius 2 is 2.05 bits per heavy atom. The number of fused-ring (bicyclic) bond motifs is 1. The van der Waals surface area contributed by atoms with E-state index < -0.39 is 0 Å². The van der Waals surface area contributed by atoms with Gasteiger partial charge in [0.1, 0.15) is 16.9 Å². The van der Waals surface area contributed by atoms with Gasteiger partial charge in [0.25, 0.3) is 5.91 Å². The van der Waals surface area contributed by atoms with Crippen molar-refractivity contribution in [3.05, 3.63) is 45.8 Å². The van der Waals surface area contributed by atoms with Crippen molar-refractivity contribution in [3.8, 4) is 5.75 Å². The Labute approximate surface area is 115 Å². The summed E-state index contributed by atoms with van der Waals surface area (Å²) >= 11 is 1.59. The SMILES string of the molecule is Cc1sc2c(c1C)C(=O)N[C@@H](c1cccc(O)c1)N2. The molecule has 1 aromatic heterocycles. The number of carbonyl (C=O) groups excluding carboxylic acids is 1. The number of anilines is 1. The molecule has 0 saturated heterocycles. The van der Waals surface area contributed by atoms with Gasteiger partial charge in [-0.15, -0.1) is 11.3 Å². The van der Waals surface area contributed by atoms with E-state index in [-0.39, 0.29) is 17.8 Å². The zero-order valence-electron chi connectivity index (χ0n) is 10.7. The number of benzene rings is 1. The van der Waals surface area contributed by atoms with Gasteiger partial charge in [-0.3, -0.25) is 4.79 Å². The maximum atomic E-state index is 12.2. The molecule has 5 heteroatoms. The highest BCUT2D eigenvalue weighted by Crippen LogP contribution is 2.37. The Balaban J connectivity index is 1.99. The first-order chi connectivity index (χ1) is 9.06. The summed E-state index contributed by atoms with van der Waals surface area (Å²) in [5, 5.41) is 16.6. The Morgan fingerprint density at radius 1 is 1.26 bits per heavy atom. The average Bonchev–Trinajstić information content (AvgIpc) is 2.65. The molecule has 0 aliphatic carbocycles. The van der Waals surface area contributed by atoms with Gasteiger partial charge >= 0.3 is 0 Å². The molecule has 3 rings (SSSR count). The van der Waals surface area contributed by atoms with E-state index in [1.165, 1.54) is 0 Å². The van der Waals surface area contributed by atoms with E-state index >= 15 is 0 Å². The number of phenols is 1. The number of phenolic OH excluding ortho intramolecular Hbond substituents is 1. The molecule has 0 radical (unpaired) electrons. The molecule has 3 N–H and O–H groups in total. The maximum Gasteiger partial charge on any atom is 0.256 e. The molecule has 0 spiro atoms. The highest BCUT2D eigenvalue weighted by molar-refractivity contribution is 7.16. The number of aryl methyl sites for hydroxylation is 1. The first-order valence-electron chi connectivity index (χ1n) is 6.02. The van der Waals surface area contributed by atoms with Gasteiger partial charge in [0.05, 0.1) is 5.56 Å². The van der Waals surface area contributed by atoms with Gasteiger partial charge < -0.3 is 15.7 Å². The number of rotatable bonds is 1. The van der Waals surface area contributed by atoms with Crippen LogP contribution in [0.15, 0.2) is 24.3 Å². The van der Waals surface area contributed by atoms with Crippen LogP contribution in [0.4, 0.5) is 5.00 Å². The smallest absolute Gasteiger partial charge is 0.256 e. The molecule has 2 heterocycles. The number of amides is 1. The molecule has 2 aromatic rings. The van der Waals surface area contributed by atoms with Crippen LogP contribution in [-0.4, -0.2) is 11.0 Å². The summed E-state index contributed by atoms with van der Waals surface area (Å²) < 4.78 is 0. The van der Waals surface area contributed by atoms with Gasteiger partial charge in [0.15, 0.2) is 0 Å². The summed E-state index contributed by atoms with van der Waals surface area (Å²) in [4.78, 5) is 13.3. The average molecular weight is 274 g/mol. The minimum absolute atomic E-state index is 0.0658. The van der Waals surface area contributed by atoms with Crippen molar-refractivity contribution >= 4 is 22.2 Å². The zero-order chi connectivity index (χ0) is 13.6. The predicted molar refractivity (Wildman–Crippen MR) is 75.7 cm³/mol. The molecule has 0 unspecified atom stereocenters. The molecule has 1 aromatic carbocycles. The zero-order valence-corrected chi connectivity index (χ0v) is 11.5. The molecule has 1 amide bonds. The van der Waals surface area contributed by atoms with E-state index in [1.807, 2.05) is 19.9 Å². The van der Waals surface area contributed by atoms with Crippen molar-refractivity contribution < 1.29 is 9.90 Å². The summed E-state index contributed by atoms with van der Waals surface area (Å²) in [6.45, 7) is 3.97. The second kappa shape index (κ2) is 4.28. The number of hydrogen-bond acceptors (Lipinski definition) is 4. The van der Waals surface area contributed by atoms with Crippen LogP contribution >= 0.6 is 11.3 Å². The predicted octanol–water partition coefficient (Wildman–Crippen LogP) is 2.92. The van der Waals surface area contributed by atoms with Crippen molar-refractivity contribution in [2.24, 2.45) is 0 Å². The minimum atomic E-state index is -0.301. The fraction of sp³-hybridized carbons (Fsp3) is 0.214. The molecule has 1 aliphatic heterocycles. The van der Waals surface area contributed by atoms with Crippen molar-refractivity contribution in [1.29, 1.82) is 0 Å². The Hall–Kier alpha value is -2.01. The van der Waals surface area contributed by atoms with Gasteiger partial charge in [-0.1, -0.05) is 12.1 Å². The van der Waals surface area contributed by atoms with Gasteiger partial charge in [-0.25, -0.2) is 0 Å². The molecule has 1 atom stereocenters. The quantitative estimate of drug-likeness (QED) is 0.749. The molecule has 0 bridgehead atoms. The summed E-state index contributed by atoms with van der Waals surface area (Å²) in [5.74, 6) is 0.127. The molecule has 0 fully saturated rings.